The van der Waals surface area contributed by atoms with Crippen molar-refractivity contribution in [3.8, 4) is 5.82 Å². The van der Waals surface area contributed by atoms with Crippen LogP contribution in [-0.4, -0.2) is 49.6 Å². The Labute approximate surface area is 166 Å². The number of nitrogens with one attached hydrogen (secondary N) is 1. The topological polar surface area (TPSA) is 93.0 Å². The van der Waals surface area contributed by atoms with Crippen molar-refractivity contribution in [1.29, 1.82) is 0 Å². The number of hydrogen-bond donors (Lipinski definition) is 1. The van der Waals surface area contributed by atoms with E-state index in [1.165, 1.54) is 17.7 Å². The summed E-state index contributed by atoms with van der Waals surface area (Å²) < 4.78 is 1.57. The number of amides is 2. The number of thiophene rings is 1. The molecule has 0 radical (unpaired) electrons. The summed E-state index contributed by atoms with van der Waals surface area (Å²) in [6.07, 6.45) is 6.30. The Bertz CT molecular complexity index is 941. The summed E-state index contributed by atoms with van der Waals surface area (Å²) in [6, 6.07) is 7.42. The number of nitrogens with zero attached hydrogens (tertiary/aromatic N) is 5. The minimum absolute atomic E-state index is 0.00762. The van der Waals surface area contributed by atoms with Crippen molar-refractivity contribution in [2.24, 2.45) is 5.92 Å². The van der Waals surface area contributed by atoms with Crippen LogP contribution in [0, 0.1) is 5.92 Å². The quantitative estimate of drug-likeness (QED) is 0.711. The SMILES string of the molecule is O=C(NCc1cccnc1-n1cncn1)C1CCCN(C(=O)c2cccs2)C1. The average molecular weight is 396 g/mol. The van der Waals surface area contributed by atoms with Gasteiger partial charge in [-0.3, -0.25) is 9.59 Å². The minimum atomic E-state index is -0.204. The van der Waals surface area contributed by atoms with Gasteiger partial charge in [-0.25, -0.2) is 14.6 Å². The summed E-state index contributed by atoms with van der Waals surface area (Å²) in [5.41, 5.74) is 0.851. The molecule has 1 aliphatic heterocycles. The van der Waals surface area contributed by atoms with E-state index in [4.69, 9.17) is 0 Å². The van der Waals surface area contributed by atoms with Gasteiger partial charge in [0.1, 0.15) is 12.7 Å². The van der Waals surface area contributed by atoms with Gasteiger partial charge in [-0.2, -0.15) is 5.10 Å². The molecule has 9 heteroatoms. The molecule has 4 heterocycles. The van der Waals surface area contributed by atoms with Crippen LogP contribution in [0.1, 0.15) is 28.1 Å². The number of aromatic nitrogens is 4. The number of carbonyl (C=O) groups is 2. The van der Waals surface area contributed by atoms with Gasteiger partial charge in [-0.15, -0.1) is 11.3 Å². The van der Waals surface area contributed by atoms with Crippen LogP contribution in [0.15, 0.2) is 48.5 Å². The van der Waals surface area contributed by atoms with E-state index in [9.17, 15) is 9.59 Å². The van der Waals surface area contributed by atoms with Crippen LogP contribution in [0.2, 0.25) is 0 Å². The fourth-order valence-corrected chi connectivity index (χ4v) is 4.04. The number of likely N-dealkylation sites (tertiary alicyclic amines) is 1. The van der Waals surface area contributed by atoms with Gasteiger partial charge in [-0.05, 0) is 30.4 Å². The first kappa shape index (κ1) is 18.3. The van der Waals surface area contributed by atoms with E-state index in [-0.39, 0.29) is 17.7 Å². The first-order chi connectivity index (χ1) is 13.7. The van der Waals surface area contributed by atoms with E-state index in [1.54, 1.807) is 22.1 Å². The highest BCUT2D eigenvalue weighted by Crippen LogP contribution is 2.21. The molecule has 1 fully saturated rings. The molecule has 28 heavy (non-hydrogen) atoms. The molecule has 3 aromatic heterocycles. The second kappa shape index (κ2) is 8.30. The molecule has 1 N–H and O–H groups in total. The Morgan fingerprint density at radius 1 is 1.29 bits per heavy atom. The minimum Gasteiger partial charge on any atom is -0.352 e. The zero-order valence-electron chi connectivity index (χ0n) is 15.2. The molecule has 0 aliphatic carbocycles. The van der Waals surface area contributed by atoms with Crippen LogP contribution in [-0.2, 0) is 11.3 Å². The maximum Gasteiger partial charge on any atom is 0.263 e. The Morgan fingerprint density at radius 2 is 2.21 bits per heavy atom. The maximum absolute atomic E-state index is 12.7. The van der Waals surface area contributed by atoms with Crippen molar-refractivity contribution in [3.63, 3.8) is 0 Å². The Balaban J connectivity index is 1.39. The zero-order valence-corrected chi connectivity index (χ0v) is 16.0. The molecule has 0 bridgehead atoms. The van der Waals surface area contributed by atoms with Crippen LogP contribution in [0.4, 0.5) is 0 Å². The number of piperidine rings is 1. The van der Waals surface area contributed by atoms with Crippen molar-refractivity contribution in [2.75, 3.05) is 13.1 Å². The van der Waals surface area contributed by atoms with Crippen molar-refractivity contribution in [2.45, 2.75) is 19.4 Å². The van der Waals surface area contributed by atoms with Gasteiger partial charge in [0.05, 0.1) is 10.8 Å². The highest BCUT2D eigenvalue weighted by molar-refractivity contribution is 7.12. The third-order valence-corrected chi connectivity index (χ3v) is 5.63. The maximum atomic E-state index is 12.7. The fraction of sp³-hybridized carbons (Fsp3) is 0.316. The molecule has 4 rings (SSSR count). The zero-order chi connectivity index (χ0) is 19.3. The van der Waals surface area contributed by atoms with Crippen LogP contribution in [0.3, 0.4) is 0 Å². The molecule has 3 aromatic rings. The molecule has 2 amide bonds. The molecule has 1 aliphatic rings. The summed E-state index contributed by atoms with van der Waals surface area (Å²) in [6.45, 7) is 1.49. The lowest BCUT2D eigenvalue weighted by Gasteiger charge is -2.31. The van der Waals surface area contributed by atoms with Crippen LogP contribution in [0.25, 0.3) is 5.82 Å². The largest absolute Gasteiger partial charge is 0.352 e. The van der Waals surface area contributed by atoms with Crippen LogP contribution < -0.4 is 5.32 Å². The average Bonchev–Trinajstić information content (AvgIpc) is 3.46. The Morgan fingerprint density at radius 3 is 3.00 bits per heavy atom. The van der Waals surface area contributed by atoms with E-state index in [0.717, 1.165) is 18.4 Å². The number of pyridine rings is 1. The van der Waals surface area contributed by atoms with E-state index < -0.39 is 0 Å². The summed E-state index contributed by atoms with van der Waals surface area (Å²) in [4.78, 5) is 36.1. The van der Waals surface area contributed by atoms with Crippen LogP contribution in [0.5, 0.6) is 0 Å². The molecule has 0 spiro atoms. The number of rotatable bonds is 5. The summed E-state index contributed by atoms with van der Waals surface area (Å²) in [5, 5.41) is 8.99. The summed E-state index contributed by atoms with van der Waals surface area (Å²) >= 11 is 1.43. The molecule has 0 saturated carbocycles. The Hall–Kier alpha value is -3.07. The standard InChI is InChI=1S/C19H20N6O2S/c26-18(15-5-2-8-24(11-15)19(27)16-6-3-9-28-16)22-10-14-4-1-7-21-17(14)25-13-20-12-23-25/h1,3-4,6-7,9,12-13,15H,2,5,8,10-11H2,(H,22,26). The summed E-state index contributed by atoms with van der Waals surface area (Å²) in [5.74, 6) is 0.396. The van der Waals surface area contributed by atoms with Gasteiger partial charge < -0.3 is 10.2 Å². The third kappa shape index (κ3) is 3.94. The molecule has 1 unspecified atom stereocenters. The molecular weight excluding hydrogens is 376 g/mol. The Kier molecular flexibility index (Phi) is 5.43. The predicted molar refractivity (Wildman–Crippen MR) is 104 cm³/mol. The van der Waals surface area contributed by atoms with E-state index in [2.05, 4.69) is 20.4 Å². The molecule has 1 saturated heterocycles. The van der Waals surface area contributed by atoms with Crippen molar-refractivity contribution >= 4 is 23.2 Å². The van der Waals surface area contributed by atoms with Gasteiger partial charge in [0.2, 0.25) is 5.91 Å². The van der Waals surface area contributed by atoms with Gasteiger partial charge in [0, 0.05) is 31.4 Å². The van der Waals surface area contributed by atoms with Crippen molar-refractivity contribution in [1.82, 2.24) is 30.0 Å². The molecule has 1 atom stereocenters. The lowest BCUT2D eigenvalue weighted by atomic mass is 9.97. The van der Waals surface area contributed by atoms with E-state index >= 15 is 0 Å². The van der Waals surface area contributed by atoms with Gasteiger partial charge >= 0.3 is 0 Å². The first-order valence-corrected chi connectivity index (χ1v) is 9.99. The van der Waals surface area contributed by atoms with E-state index in [1.807, 2.05) is 29.6 Å². The molecular formula is C19H20N6O2S. The number of hydrogen-bond acceptors (Lipinski definition) is 6. The second-order valence-corrected chi connectivity index (χ2v) is 7.56. The lowest BCUT2D eigenvalue weighted by Crippen LogP contribution is -2.45. The highest BCUT2D eigenvalue weighted by atomic mass is 32.1. The van der Waals surface area contributed by atoms with Gasteiger partial charge in [0.15, 0.2) is 5.82 Å². The van der Waals surface area contributed by atoms with Gasteiger partial charge in [0.25, 0.3) is 5.91 Å². The van der Waals surface area contributed by atoms with Crippen LogP contribution >= 0.6 is 11.3 Å². The predicted octanol–water partition coefficient (Wildman–Crippen LogP) is 1.89. The molecule has 8 nitrogen and oxygen atoms in total. The smallest absolute Gasteiger partial charge is 0.263 e. The van der Waals surface area contributed by atoms with Gasteiger partial charge in [-0.1, -0.05) is 12.1 Å². The molecule has 0 aromatic carbocycles. The fourth-order valence-electron chi connectivity index (χ4n) is 3.35. The van der Waals surface area contributed by atoms with Crippen molar-refractivity contribution in [3.05, 3.63) is 58.9 Å². The first-order valence-electron chi connectivity index (χ1n) is 9.12. The third-order valence-electron chi connectivity index (χ3n) is 4.77. The number of carbonyl (C=O) groups excluding carboxylic acids is 2. The van der Waals surface area contributed by atoms with Crippen molar-refractivity contribution < 1.29 is 9.59 Å². The van der Waals surface area contributed by atoms with E-state index in [0.29, 0.717) is 30.3 Å². The monoisotopic (exact) mass is 396 g/mol. The summed E-state index contributed by atoms with van der Waals surface area (Å²) in [7, 11) is 0. The second-order valence-electron chi connectivity index (χ2n) is 6.61. The lowest BCUT2D eigenvalue weighted by molar-refractivity contribution is -0.126. The molecule has 144 valence electrons. The normalized spacial score (nSPS) is 16.7. The highest BCUT2D eigenvalue weighted by Gasteiger charge is 2.29.